The van der Waals surface area contributed by atoms with Crippen LogP contribution in [0.5, 0.6) is 0 Å². The molecule has 0 amide bonds. The van der Waals surface area contributed by atoms with Gasteiger partial charge < -0.3 is 0 Å². The summed E-state index contributed by atoms with van der Waals surface area (Å²) in [5.74, 6) is 4.07. The van der Waals surface area contributed by atoms with E-state index >= 15 is 0 Å². The van der Waals surface area contributed by atoms with E-state index in [-0.39, 0.29) is 11.6 Å². The predicted octanol–water partition coefficient (Wildman–Crippen LogP) is 3.12. The summed E-state index contributed by atoms with van der Waals surface area (Å²) in [4.78, 5) is 2.39. The molecule has 0 saturated carbocycles. The zero-order valence-electron chi connectivity index (χ0n) is 12.8. The summed E-state index contributed by atoms with van der Waals surface area (Å²) < 4.78 is 26.6. The minimum Gasteiger partial charge on any atom is -0.296 e. The van der Waals surface area contributed by atoms with Gasteiger partial charge in [0, 0.05) is 5.54 Å². The van der Waals surface area contributed by atoms with Crippen LogP contribution in [0.1, 0.15) is 51.1 Å². The topological polar surface area (TPSA) is 41.3 Å². The molecule has 0 spiro atoms. The average molecular weight is 297 g/mol. The maximum atomic E-state index is 13.5. The lowest BCUT2D eigenvalue weighted by Crippen LogP contribution is -2.54. The van der Waals surface area contributed by atoms with Crippen LogP contribution in [0.15, 0.2) is 18.2 Å². The molecule has 1 aromatic carbocycles. The third-order valence-corrected chi connectivity index (χ3v) is 4.57. The highest BCUT2D eigenvalue weighted by Gasteiger charge is 2.36. The highest BCUT2D eigenvalue weighted by atomic mass is 19.2. The Morgan fingerprint density at radius 3 is 2.24 bits per heavy atom. The van der Waals surface area contributed by atoms with Gasteiger partial charge in [-0.15, -0.1) is 0 Å². The molecule has 0 aromatic heterocycles. The fourth-order valence-electron chi connectivity index (χ4n) is 3.23. The van der Waals surface area contributed by atoms with Gasteiger partial charge in [-0.05, 0) is 57.5 Å². The second-order valence-electron chi connectivity index (χ2n) is 6.33. The van der Waals surface area contributed by atoms with Crippen LogP contribution >= 0.6 is 0 Å². The number of hydrogen-bond acceptors (Lipinski definition) is 3. The highest BCUT2D eigenvalue weighted by Crippen LogP contribution is 2.32. The predicted molar refractivity (Wildman–Crippen MR) is 80.5 cm³/mol. The number of hydrogen-bond donors (Lipinski definition) is 2. The van der Waals surface area contributed by atoms with Crippen LogP contribution in [0.25, 0.3) is 0 Å². The van der Waals surface area contributed by atoms with Gasteiger partial charge in [-0.2, -0.15) is 0 Å². The maximum Gasteiger partial charge on any atom is 0.159 e. The summed E-state index contributed by atoms with van der Waals surface area (Å²) >= 11 is 0. The Hall–Kier alpha value is -1.04. The first kappa shape index (κ1) is 16.3. The lowest BCUT2D eigenvalue weighted by atomic mass is 9.87. The van der Waals surface area contributed by atoms with Gasteiger partial charge in [0.2, 0.25) is 0 Å². The summed E-state index contributed by atoms with van der Waals surface area (Å²) in [5, 5.41) is 0. The molecule has 3 N–H and O–H groups in total. The molecule has 0 aliphatic carbocycles. The number of halogens is 2. The van der Waals surface area contributed by atoms with E-state index in [1.807, 2.05) is 0 Å². The first-order valence-corrected chi connectivity index (χ1v) is 7.63. The molecule has 1 heterocycles. The molecule has 1 aliphatic rings. The Bertz CT molecular complexity index is 469. The smallest absolute Gasteiger partial charge is 0.159 e. The molecule has 118 valence electrons. The first-order chi connectivity index (χ1) is 9.96. The van der Waals surface area contributed by atoms with Gasteiger partial charge in [0.15, 0.2) is 11.6 Å². The molecular formula is C16H25F2N3. The van der Waals surface area contributed by atoms with E-state index in [1.165, 1.54) is 31.7 Å². The molecule has 1 atom stereocenters. The molecule has 2 rings (SSSR count). The number of nitrogens with zero attached hydrogens (tertiary/aromatic N) is 1. The molecule has 0 bridgehead atoms. The Morgan fingerprint density at radius 2 is 1.71 bits per heavy atom. The SMILES string of the molecule is CC(C)(C(NN)c1ccc(F)c(F)c1)N1CCCCCC1. The molecule has 1 saturated heterocycles. The fourth-order valence-corrected chi connectivity index (χ4v) is 3.23. The van der Waals surface area contributed by atoms with Crippen molar-refractivity contribution in [3.8, 4) is 0 Å². The van der Waals surface area contributed by atoms with Gasteiger partial charge in [0.05, 0.1) is 6.04 Å². The van der Waals surface area contributed by atoms with Gasteiger partial charge in [0.1, 0.15) is 0 Å². The highest BCUT2D eigenvalue weighted by molar-refractivity contribution is 5.24. The zero-order chi connectivity index (χ0) is 15.5. The average Bonchev–Trinajstić information content (AvgIpc) is 2.73. The Labute approximate surface area is 125 Å². The Balaban J connectivity index is 2.26. The van der Waals surface area contributed by atoms with Gasteiger partial charge in [-0.25, -0.2) is 8.78 Å². The van der Waals surface area contributed by atoms with E-state index in [2.05, 4.69) is 24.2 Å². The second kappa shape index (κ2) is 6.81. The van der Waals surface area contributed by atoms with E-state index in [0.29, 0.717) is 5.56 Å². The fraction of sp³-hybridized carbons (Fsp3) is 0.625. The van der Waals surface area contributed by atoms with Crippen molar-refractivity contribution in [2.75, 3.05) is 13.1 Å². The Morgan fingerprint density at radius 1 is 1.10 bits per heavy atom. The van der Waals surface area contributed by atoms with Crippen molar-refractivity contribution in [3.63, 3.8) is 0 Å². The van der Waals surface area contributed by atoms with Crippen molar-refractivity contribution < 1.29 is 8.78 Å². The second-order valence-corrected chi connectivity index (χ2v) is 6.33. The van der Waals surface area contributed by atoms with Crippen LogP contribution < -0.4 is 11.3 Å². The third-order valence-electron chi connectivity index (χ3n) is 4.57. The van der Waals surface area contributed by atoms with E-state index in [0.717, 1.165) is 19.2 Å². The van der Waals surface area contributed by atoms with E-state index < -0.39 is 11.6 Å². The molecule has 21 heavy (non-hydrogen) atoms. The maximum absolute atomic E-state index is 13.5. The van der Waals surface area contributed by atoms with Crippen molar-refractivity contribution in [1.29, 1.82) is 0 Å². The summed E-state index contributed by atoms with van der Waals surface area (Å²) in [5.41, 5.74) is 3.19. The van der Waals surface area contributed by atoms with Crippen LogP contribution in [0, 0.1) is 11.6 Å². The lowest BCUT2D eigenvalue weighted by Gasteiger charge is -2.43. The van der Waals surface area contributed by atoms with Crippen molar-refractivity contribution in [2.24, 2.45) is 5.84 Å². The van der Waals surface area contributed by atoms with Crippen LogP contribution in [-0.2, 0) is 0 Å². The lowest BCUT2D eigenvalue weighted by molar-refractivity contribution is 0.0833. The molecule has 1 fully saturated rings. The number of hydrazine groups is 1. The molecule has 1 aliphatic heterocycles. The summed E-state index contributed by atoms with van der Waals surface area (Å²) in [6, 6.07) is 3.74. The number of nitrogens with one attached hydrogen (secondary N) is 1. The van der Waals surface area contributed by atoms with Crippen LogP contribution in [-0.4, -0.2) is 23.5 Å². The largest absolute Gasteiger partial charge is 0.296 e. The number of rotatable bonds is 4. The van der Waals surface area contributed by atoms with Crippen molar-refractivity contribution in [3.05, 3.63) is 35.4 Å². The molecule has 0 radical (unpaired) electrons. The van der Waals surface area contributed by atoms with Crippen molar-refractivity contribution >= 4 is 0 Å². The number of benzene rings is 1. The number of nitrogens with two attached hydrogens (primary N) is 1. The standard InChI is InChI=1S/C16H25F2N3/c1-16(2,21-9-5-3-4-6-10-21)15(20-19)12-7-8-13(17)14(18)11-12/h7-8,11,15,20H,3-6,9-10,19H2,1-2H3. The van der Waals surface area contributed by atoms with E-state index in [1.54, 1.807) is 6.07 Å². The van der Waals surface area contributed by atoms with Crippen LogP contribution in [0.4, 0.5) is 8.78 Å². The normalized spacial score (nSPS) is 19.3. The third kappa shape index (κ3) is 3.59. The summed E-state index contributed by atoms with van der Waals surface area (Å²) in [7, 11) is 0. The van der Waals surface area contributed by atoms with Gasteiger partial charge >= 0.3 is 0 Å². The number of likely N-dealkylation sites (tertiary alicyclic amines) is 1. The van der Waals surface area contributed by atoms with E-state index in [4.69, 9.17) is 5.84 Å². The van der Waals surface area contributed by atoms with Gasteiger partial charge in [-0.1, -0.05) is 18.9 Å². The quantitative estimate of drug-likeness (QED) is 0.663. The van der Waals surface area contributed by atoms with Crippen LogP contribution in [0.3, 0.4) is 0 Å². The van der Waals surface area contributed by atoms with Crippen LogP contribution in [0.2, 0.25) is 0 Å². The Kier molecular flexibility index (Phi) is 5.30. The first-order valence-electron chi connectivity index (χ1n) is 7.63. The molecule has 5 heteroatoms. The molecule has 3 nitrogen and oxygen atoms in total. The molecular weight excluding hydrogens is 272 g/mol. The monoisotopic (exact) mass is 297 g/mol. The molecule has 1 aromatic rings. The van der Waals surface area contributed by atoms with Crippen molar-refractivity contribution in [1.82, 2.24) is 10.3 Å². The molecule has 1 unspecified atom stereocenters. The zero-order valence-corrected chi connectivity index (χ0v) is 12.8. The summed E-state index contributed by atoms with van der Waals surface area (Å²) in [6.07, 6.45) is 4.83. The summed E-state index contributed by atoms with van der Waals surface area (Å²) in [6.45, 7) is 6.22. The minimum atomic E-state index is -0.834. The van der Waals surface area contributed by atoms with Gasteiger partial charge in [0.25, 0.3) is 0 Å². The van der Waals surface area contributed by atoms with Crippen molar-refractivity contribution in [2.45, 2.75) is 51.1 Å². The van der Waals surface area contributed by atoms with E-state index in [9.17, 15) is 8.78 Å². The minimum absolute atomic E-state index is 0.259. The van der Waals surface area contributed by atoms with Gasteiger partial charge in [-0.3, -0.25) is 16.2 Å².